The van der Waals surface area contributed by atoms with E-state index in [1.54, 1.807) is 0 Å². The van der Waals surface area contributed by atoms with Crippen LogP contribution in [0.25, 0.3) is 0 Å². The first-order valence-corrected chi connectivity index (χ1v) is 9.81. The number of aliphatic hydroxyl groups excluding tert-OH is 1. The zero-order valence-electron chi connectivity index (χ0n) is 11.8. The van der Waals surface area contributed by atoms with E-state index in [4.69, 9.17) is 0 Å². The van der Waals surface area contributed by atoms with Gasteiger partial charge in [-0.05, 0) is 55.8 Å². The quantitative estimate of drug-likeness (QED) is 0.866. The minimum atomic E-state index is -2.93. The van der Waals surface area contributed by atoms with Crippen molar-refractivity contribution in [2.75, 3.05) is 6.26 Å². The molecule has 19 heavy (non-hydrogen) atoms. The lowest BCUT2D eigenvalue weighted by Crippen LogP contribution is -2.34. The third-order valence-electron chi connectivity index (χ3n) is 5.87. The lowest BCUT2D eigenvalue weighted by Gasteiger charge is -2.31. The van der Waals surface area contributed by atoms with Crippen LogP contribution in [0.15, 0.2) is 0 Å². The van der Waals surface area contributed by atoms with E-state index in [0.717, 1.165) is 31.1 Å². The zero-order chi connectivity index (χ0) is 13.6. The third-order valence-corrected chi connectivity index (χ3v) is 7.51. The van der Waals surface area contributed by atoms with Gasteiger partial charge in [-0.15, -0.1) is 0 Å². The fraction of sp³-hybridized carbons (Fsp3) is 1.00. The fourth-order valence-electron chi connectivity index (χ4n) is 4.75. The minimum Gasteiger partial charge on any atom is -0.393 e. The molecule has 110 valence electrons. The number of aliphatic hydroxyl groups is 1. The molecule has 0 amide bonds. The molecule has 0 aliphatic heterocycles. The van der Waals surface area contributed by atoms with Gasteiger partial charge < -0.3 is 5.11 Å². The second-order valence-corrected chi connectivity index (χ2v) is 9.38. The van der Waals surface area contributed by atoms with Gasteiger partial charge in [0.15, 0.2) is 0 Å². The van der Waals surface area contributed by atoms with E-state index in [0.29, 0.717) is 12.3 Å². The molecule has 0 aromatic heterocycles. The average Bonchev–Trinajstić information content (AvgIpc) is 3.11. The maximum Gasteiger partial charge on any atom is 0.150 e. The predicted molar refractivity (Wildman–Crippen MR) is 75.5 cm³/mol. The molecule has 3 aliphatic carbocycles. The third kappa shape index (κ3) is 2.71. The summed E-state index contributed by atoms with van der Waals surface area (Å²) in [6.45, 7) is 0. The maximum atomic E-state index is 11.7. The van der Waals surface area contributed by atoms with Crippen LogP contribution in [0, 0.1) is 23.7 Å². The van der Waals surface area contributed by atoms with Crippen molar-refractivity contribution in [3.8, 4) is 0 Å². The summed E-state index contributed by atoms with van der Waals surface area (Å²) >= 11 is 0. The maximum absolute atomic E-state index is 11.7. The zero-order valence-corrected chi connectivity index (χ0v) is 12.6. The summed E-state index contributed by atoms with van der Waals surface area (Å²) in [5.41, 5.74) is 0. The lowest BCUT2D eigenvalue weighted by atomic mass is 9.82. The number of hydrogen-bond donors (Lipinski definition) is 1. The Bertz CT molecular complexity index is 419. The van der Waals surface area contributed by atoms with E-state index in [1.165, 1.54) is 31.9 Å². The van der Waals surface area contributed by atoms with Gasteiger partial charge in [-0.3, -0.25) is 0 Å². The average molecular weight is 286 g/mol. The van der Waals surface area contributed by atoms with Crippen LogP contribution >= 0.6 is 0 Å². The fourth-order valence-corrected chi connectivity index (χ4v) is 5.94. The van der Waals surface area contributed by atoms with Crippen molar-refractivity contribution in [3.63, 3.8) is 0 Å². The topological polar surface area (TPSA) is 54.4 Å². The molecule has 5 unspecified atom stereocenters. The molecule has 3 fully saturated rings. The Morgan fingerprint density at radius 1 is 1.00 bits per heavy atom. The molecule has 0 aromatic carbocycles. The van der Waals surface area contributed by atoms with Gasteiger partial charge in [0, 0.05) is 6.26 Å². The van der Waals surface area contributed by atoms with Crippen molar-refractivity contribution in [2.24, 2.45) is 23.7 Å². The van der Waals surface area contributed by atoms with Crippen LogP contribution in [0.4, 0.5) is 0 Å². The number of fused-ring (bicyclic) bond motifs is 1. The Morgan fingerprint density at radius 3 is 2.21 bits per heavy atom. The first-order chi connectivity index (χ1) is 8.98. The van der Waals surface area contributed by atoms with Crippen LogP contribution in [-0.2, 0) is 9.84 Å². The first-order valence-electron chi connectivity index (χ1n) is 7.85. The van der Waals surface area contributed by atoms with Crippen molar-refractivity contribution in [3.05, 3.63) is 0 Å². The molecule has 0 aromatic rings. The van der Waals surface area contributed by atoms with Crippen molar-refractivity contribution in [1.29, 1.82) is 0 Å². The minimum absolute atomic E-state index is 0.207. The molecular formula is C15H26O3S. The van der Waals surface area contributed by atoms with Gasteiger partial charge in [0.2, 0.25) is 0 Å². The highest BCUT2D eigenvalue weighted by Crippen LogP contribution is 2.58. The number of sulfone groups is 1. The molecule has 0 radical (unpaired) electrons. The predicted octanol–water partition coefficient (Wildman–Crippen LogP) is 2.39. The van der Waals surface area contributed by atoms with E-state index >= 15 is 0 Å². The standard InChI is InChI=1S/C15H26O3S/c1-19(17,18)11-6-4-5-10(9-11)15(16)14-12-7-2-3-8-13(12)14/h10-16H,2-9H2,1H3. The van der Waals surface area contributed by atoms with Gasteiger partial charge in [-0.1, -0.05) is 19.3 Å². The van der Waals surface area contributed by atoms with E-state index in [2.05, 4.69) is 0 Å². The van der Waals surface area contributed by atoms with Crippen LogP contribution < -0.4 is 0 Å². The molecule has 3 nitrogen and oxygen atoms in total. The highest BCUT2D eigenvalue weighted by Gasteiger charge is 2.55. The number of rotatable bonds is 3. The van der Waals surface area contributed by atoms with E-state index in [9.17, 15) is 13.5 Å². The summed E-state index contributed by atoms with van der Waals surface area (Å²) < 4.78 is 23.4. The van der Waals surface area contributed by atoms with Gasteiger partial charge in [-0.2, -0.15) is 0 Å². The van der Waals surface area contributed by atoms with Crippen LogP contribution in [0.1, 0.15) is 51.4 Å². The van der Waals surface area contributed by atoms with Gasteiger partial charge in [0.25, 0.3) is 0 Å². The van der Waals surface area contributed by atoms with Gasteiger partial charge in [0.1, 0.15) is 9.84 Å². The van der Waals surface area contributed by atoms with Crippen LogP contribution in [0.5, 0.6) is 0 Å². The number of hydrogen-bond acceptors (Lipinski definition) is 3. The molecule has 0 bridgehead atoms. The Balaban J connectivity index is 1.62. The molecule has 1 N–H and O–H groups in total. The largest absolute Gasteiger partial charge is 0.393 e. The first kappa shape index (κ1) is 13.9. The SMILES string of the molecule is CS(=O)(=O)C1CCCC(C(O)C2C3CCCCC32)C1. The molecule has 3 aliphatic rings. The summed E-state index contributed by atoms with van der Waals surface area (Å²) in [7, 11) is -2.93. The molecule has 5 atom stereocenters. The molecule has 0 heterocycles. The Kier molecular flexibility index (Phi) is 3.67. The Labute approximate surface area is 116 Å². The molecule has 0 saturated heterocycles. The van der Waals surface area contributed by atoms with Gasteiger partial charge in [0.05, 0.1) is 11.4 Å². The van der Waals surface area contributed by atoms with Crippen molar-refractivity contribution in [2.45, 2.75) is 62.7 Å². The van der Waals surface area contributed by atoms with E-state index in [-0.39, 0.29) is 17.3 Å². The molecule has 3 saturated carbocycles. The summed E-state index contributed by atoms with van der Waals surface area (Å²) in [5.74, 6) is 2.22. The summed E-state index contributed by atoms with van der Waals surface area (Å²) in [6, 6.07) is 0. The highest BCUT2D eigenvalue weighted by molar-refractivity contribution is 7.91. The Morgan fingerprint density at radius 2 is 1.63 bits per heavy atom. The second-order valence-electron chi connectivity index (χ2n) is 7.06. The molecule has 4 heteroatoms. The molecular weight excluding hydrogens is 260 g/mol. The van der Waals surface area contributed by atoms with Crippen molar-refractivity contribution >= 4 is 9.84 Å². The monoisotopic (exact) mass is 286 g/mol. The van der Waals surface area contributed by atoms with Crippen LogP contribution in [0.3, 0.4) is 0 Å². The van der Waals surface area contributed by atoms with Crippen molar-refractivity contribution in [1.82, 2.24) is 0 Å². The highest BCUT2D eigenvalue weighted by atomic mass is 32.2. The summed E-state index contributed by atoms with van der Waals surface area (Å²) in [6.07, 6.45) is 9.78. The summed E-state index contributed by atoms with van der Waals surface area (Å²) in [4.78, 5) is 0. The van der Waals surface area contributed by atoms with Crippen molar-refractivity contribution < 1.29 is 13.5 Å². The van der Waals surface area contributed by atoms with E-state index < -0.39 is 9.84 Å². The second kappa shape index (κ2) is 5.03. The van der Waals surface area contributed by atoms with Gasteiger partial charge in [-0.25, -0.2) is 8.42 Å². The van der Waals surface area contributed by atoms with Crippen LogP contribution in [0.2, 0.25) is 0 Å². The summed E-state index contributed by atoms with van der Waals surface area (Å²) in [5, 5.41) is 10.4. The normalized spacial score (nSPS) is 44.4. The molecule has 3 rings (SSSR count). The van der Waals surface area contributed by atoms with Gasteiger partial charge >= 0.3 is 0 Å². The molecule has 0 spiro atoms. The van der Waals surface area contributed by atoms with Crippen LogP contribution in [-0.4, -0.2) is 31.1 Å². The smallest absolute Gasteiger partial charge is 0.150 e. The Hall–Kier alpha value is -0.0900. The lowest BCUT2D eigenvalue weighted by molar-refractivity contribution is 0.0586. The van der Waals surface area contributed by atoms with E-state index in [1.807, 2.05) is 0 Å².